The third-order valence-electron chi connectivity index (χ3n) is 4.45. The number of carbonyl (C=O) groups is 2. The first-order chi connectivity index (χ1) is 13.7. The van der Waals surface area contributed by atoms with Crippen LogP contribution in [0.4, 0.5) is 0 Å². The number of hydrogen-bond donors (Lipinski definition) is 0. The number of hydrogen-bond acceptors (Lipinski definition) is 3. The van der Waals surface area contributed by atoms with Crippen molar-refractivity contribution in [2.24, 2.45) is 0 Å². The molecule has 0 atom stereocenters. The predicted molar refractivity (Wildman–Crippen MR) is 112 cm³/mol. The molecule has 0 aliphatic rings. The van der Waals surface area contributed by atoms with Gasteiger partial charge in [0.2, 0.25) is 0 Å². The molecule has 0 fully saturated rings. The van der Waals surface area contributed by atoms with Crippen LogP contribution in [0, 0.1) is 0 Å². The van der Waals surface area contributed by atoms with E-state index in [1.165, 1.54) is 0 Å². The molecule has 3 aromatic carbocycles. The molecule has 0 saturated heterocycles. The summed E-state index contributed by atoms with van der Waals surface area (Å²) >= 11 is 0. The average molecular weight is 368 g/mol. The van der Waals surface area contributed by atoms with Gasteiger partial charge in [-0.2, -0.15) is 0 Å². The molecule has 0 heterocycles. The zero-order chi connectivity index (χ0) is 19.9. The Labute approximate surface area is 164 Å². The summed E-state index contributed by atoms with van der Waals surface area (Å²) in [5, 5.41) is 0. The van der Waals surface area contributed by atoms with Crippen LogP contribution >= 0.6 is 0 Å². The molecule has 0 spiro atoms. The molecule has 138 valence electrons. The van der Waals surface area contributed by atoms with E-state index in [-0.39, 0.29) is 18.0 Å². The van der Waals surface area contributed by atoms with Crippen LogP contribution in [-0.4, -0.2) is 11.8 Å². The van der Waals surface area contributed by atoms with Gasteiger partial charge in [-0.25, -0.2) is 4.79 Å². The van der Waals surface area contributed by atoms with Crippen molar-refractivity contribution in [3.8, 4) is 0 Å². The highest BCUT2D eigenvalue weighted by atomic mass is 16.5. The van der Waals surface area contributed by atoms with Gasteiger partial charge in [-0.1, -0.05) is 92.0 Å². The molecular weight excluding hydrogens is 348 g/mol. The molecule has 3 aromatic rings. The van der Waals surface area contributed by atoms with Gasteiger partial charge in [-0.3, -0.25) is 4.79 Å². The van der Waals surface area contributed by atoms with Crippen LogP contribution in [0.15, 0.2) is 86.0 Å². The molecular formula is C25H20O3. The summed E-state index contributed by atoms with van der Waals surface area (Å²) < 4.78 is 5.48. The lowest BCUT2D eigenvalue weighted by Crippen LogP contribution is -2.13. The van der Waals surface area contributed by atoms with Crippen molar-refractivity contribution >= 4 is 23.9 Å². The van der Waals surface area contributed by atoms with E-state index < -0.39 is 5.97 Å². The number of ketones is 1. The van der Waals surface area contributed by atoms with E-state index >= 15 is 0 Å². The van der Waals surface area contributed by atoms with E-state index in [2.05, 4.69) is 13.2 Å². The standard InChI is InChI=1S/C25H20O3/c1-3-18-11-5-6-13-20(18)17-28-25(27)23-16-10-9-15-22(23)24(26)21-14-8-7-12-19(21)4-2/h3-16H,1-2,17H2. The fraction of sp³-hybridized carbons (Fsp3) is 0.0400. The lowest BCUT2D eigenvalue weighted by Gasteiger charge is -2.11. The fourth-order valence-corrected chi connectivity index (χ4v) is 2.97. The van der Waals surface area contributed by atoms with E-state index in [9.17, 15) is 9.59 Å². The van der Waals surface area contributed by atoms with E-state index in [1.807, 2.05) is 36.4 Å². The monoisotopic (exact) mass is 368 g/mol. The van der Waals surface area contributed by atoms with Gasteiger partial charge >= 0.3 is 5.97 Å². The summed E-state index contributed by atoms with van der Waals surface area (Å²) in [6, 6.07) is 21.4. The van der Waals surface area contributed by atoms with Crippen molar-refractivity contribution in [3.05, 3.63) is 119 Å². The molecule has 3 heteroatoms. The van der Waals surface area contributed by atoms with E-state index in [1.54, 1.807) is 48.6 Å². The second kappa shape index (κ2) is 8.78. The van der Waals surface area contributed by atoms with Crippen LogP contribution in [-0.2, 0) is 11.3 Å². The van der Waals surface area contributed by atoms with Crippen molar-refractivity contribution in [1.29, 1.82) is 0 Å². The van der Waals surface area contributed by atoms with Crippen LogP contribution in [0.5, 0.6) is 0 Å². The van der Waals surface area contributed by atoms with Gasteiger partial charge in [-0.15, -0.1) is 0 Å². The van der Waals surface area contributed by atoms with Gasteiger partial charge in [-0.05, 0) is 22.8 Å². The Morgan fingerprint density at radius 1 is 0.714 bits per heavy atom. The van der Waals surface area contributed by atoms with Crippen LogP contribution in [0.25, 0.3) is 12.2 Å². The molecule has 0 saturated carbocycles. The Morgan fingerprint density at radius 3 is 1.93 bits per heavy atom. The molecule has 0 N–H and O–H groups in total. The molecule has 0 aromatic heterocycles. The van der Waals surface area contributed by atoms with Gasteiger partial charge < -0.3 is 4.74 Å². The Balaban J connectivity index is 1.87. The first kappa shape index (κ1) is 19.1. The largest absolute Gasteiger partial charge is 0.457 e. The molecule has 0 unspecified atom stereocenters. The Hall–Kier alpha value is -3.72. The number of esters is 1. The fourth-order valence-electron chi connectivity index (χ4n) is 2.97. The Morgan fingerprint density at radius 2 is 1.25 bits per heavy atom. The van der Waals surface area contributed by atoms with Crippen molar-refractivity contribution in [2.75, 3.05) is 0 Å². The molecule has 0 aliphatic heterocycles. The van der Waals surface area contributed by atoms with Crippen LogP contribution in [0.3, 0.4) is 0 Å². The summed E-state index contributed by atoms with van der Waals surface area (Å²) in [5.41, 5.74) is 3.51. The first-order valence-electron chi connectivity index (χ1n) is 8.88. The highest BCUT2D eigenvalue weighted by molar-refractivity contribution is 6.15. The highest BCUT2D eigenvalue weighted by Gasteiger charge is 2.20. The predicted octanol–water partition coefficient (Wildman–Crippen LogP) is 5.56. The second-order valence-electron chi connectivity index (χ2n) is 6.15. The van der Waals surface area contributed by atoms with Crippen LogP contribution in [0.1, 0.15) is 43.0 Å². The second-order valence-corrected chi connectivity index (χ2v) is 6.15. The quantitative estimate of drug-likeness (QED) is 0.405. The topological polar surface area (TPSA) is 43.4 Å². The van der Waals surface area contributed by atoms with Crippen molar-refractivity contribution in [2.45, 2.75) is 6.61 Å². The first-order valence-corrected chi connectivity index (χ1v) is 8.88. The van der Waals surface area contributed by atoms with Crippen molar-refractivity contribution in [3.63, 3.8) is 0 Å². The highest BCUT2D eigenvalue weighted by Crippen LogP contribution is 2.20. The molecule has 0 aliphatic carbocycles. The summed E-state index contributed by atoms with van der Waals surface area (Å²) in [6.07, 6.45) is 3.34. The Kier molecular flexibility index (Phi) is 5.97. The van der Waals surface area contributed by atoms with Crippen LogP contribution in [0.2, 0.25) is 0 Å². The maximum absolute atomic E-state index is 13.1. The minimum atomic E-state index is -0.543. The molecule has 3 rings (SSSR count). The SMILES string of the molecule is C=Cc1ccccc1COC(=O)c1ccccc1C(=O)c1ccccc1C=C. The normalized spacial score (nSPS) is 10.1. The summed E-state index contributed by atoms with van der Waals surface area (Å²) in [7, 11) is 0. The van der Waals surface area contributed by atoms with E-state index in [0.29, 0.717) is 11.1 Å². The van der Waals surface area contributed by atoms with Gasteiger partial charge in [0.05, 0.1) is 5.56 Å². The van der Waals surface area contributed by atoms with Crippen molar-refractivity contribution < 1.29 is 14.3 Å². The lowest BCUT2D eigenvalue weighted by atomic mass is 9.95. The molecule has 0 bridgehead atoms. The van der Waals surface area contributed by atoms with Gasteiger partial charge in [0.25, 0.3) is 0 Å². The molecule has 3 nitrogen and oxygen atoms in total. The maximum atomic E-state index is 13.1. The third-order valence-corrected chi connectivity index (χ3v) is 4.45. The smallest absolute Gasteiger partial charge is 0.339 e. The summed E-state index contributed by atoms with van der Waals surface area (Å²) in [4.78, 5) is 25.8. The molecule has 28 heavy (non-hydrogen) atoms. The average Bonchev–Trinajstić information content (AvgIpc) is 2.77. The third kappa shape index (κ3) is 3.99. The summed E-state index contributed by atoms with van der Waals surface area (Å²) in [6.45, 7) is 7.63. The minimum Gasteiger partial charge on any atom is -0.457 e. The number of benzene rings is 3. The van der Waals surface area contributed by atoms with Gasteiger partial charge in [0, 0.05) is 11.1 Å². The summed E-state index contributed by atoms with van der Waals surface area (Å²) in [5.74, 6) is -0.784. The van der Waals surface area contributed by atoms with E-state index in [4.69, 9.17) is 4.74 Å². The van der Waals surface area contributed by atoms with Gasteiger partial charge in [0.1, 0.15) is 6.61 Å². The zero-order valence-corrected chi connectivity index (χ0v) is 15.4. The van der Waals surface area contributed by atoms with Gasteiger partial charge in [0.15, 0.2) is 5.78 Å². The minimum absolute atomic E-state index is 0.104. The zero-order valence-electron chi connectivity index (χ0n) is 15.4. The number of rotatable bonds is 7. The molecule has 0 radical (unpaired) electrons. The molecule has 0 amide bonds. The van der Waals surface area contributed by atoms with Crippen molar-refractivity contribution in [1.82, 2.24) is 0 Å². The Bertz CT molecular complexity index is 1050. The lowest BCUT2D eigenvalue weighted by molar-refractivity contribution is 0.0470. The van der Waals surface area contributed by atoms with Crippen LogP contribution < -0.4 is 0 Å². The number of carbonyl (C=O) groups excluding carboxylic acids is 2. The number of ether oxygens (including phenoxy) is 1. The van der Waals surface area contributed by atoms with E-state index in [0.717, 1.165) is 16.7 Å². The maximum Gasteiger partial charge on any atom is 0.339 e.